The molecule has 0 aliphatic rings. The van der Waals surface area contributed by atoms with Crippen molar-refractivity contribution in [3.05, 3.63) is 63.5 Å². The average molecular weight is 421 g/mol. The zero-order valence-corrected chi connectivity index (χ0v) is 17.0. The number of hydrogen-bond donors (Lipinski definition) is 0. The van der Waals surface area contributed by atoms with Gasteiger partial charge in [0.05, 0.1) is 13.3 Å². The molecule has 0 bridgehead atoms. The summed E-state index contributed by atoms with van der Waals surface area (Å²) < 4.78 is 38.0. The van der Waals surface area contributed by atoms with Gasteiger partial charge in [-0.2, -0.15) is 0 Å². The Morgan fingerprint density at radius 2 is 1.96 bits per heavy atom. The predicted octanol–water partition coefficient (Wildman–Crippen LogP) is 5.48. The molecule has 0 atom stereocenters. The lowest BCUT2D eigenvalue weighted by atomic mass is 10.1. The van der Waals surface area contributed by atoms with E-state index in [4.69, 9.17) is 9.47 Å². The van der Waals surface area contributed by atoms with E-state index in [9.17, 15) is 13.6 Å². The van der Waals surface area contributed by atoms with Gasteiger partial charge >= 0.3 is 5.97 Å². The maximum atomic E-state index is 13.8. The summed E-state index contributed by atoms with van der Waals surface area (Å²) in [5.74, 6) is -1.15. The minimum Gasteiger partial charge on any atom is -0.487 e. The molecule has 3 aromatic rings. The maximum absolute atomic E-state index is 13.8. The molecule has 0 fully saturated rings. The topological polar surface area (TPSA) is 48.4 Å². The Kier molecular flexibility index (Phi) is 6.31. The standard InChI is InChI=1S/C20H17F2NO3S2/c1-11-16(8-18(28-11)20(24)25-2)19-17(7-14(22)9-23-19)26-10-12-4-13(21)6-15(5-12)27-3/h4-9H,10H2,1-3H3. The number of nitrogens with zero attached hydrogens (tertiary/aromatic N) is 1. The number of hydrogen-bond acceptors (Lipinski definition) is 6. The van der Waals surface area contributed by atoms with Crippen molar-refractivity contribution in [3.63, 3.8) is 0 Å². The first-order chi connectivity index (χ1) is 13.4. The molecule has 0 saturated carbocycles. The third kappa shape index (κ3) is 4.51. The molecular formula is C20H17F2NO3S2. The number of esters is 1. The molecule has 8 heteroatoms. The number of rotatable bonds is 6. The van der Waals surface area contributed by atoms with Gasteiger partial charge < -0.3 is 9.47 Å². The van der Waals surface area contributed by atoms with Crippen molar-refractivity contribution in [2.75, 3.05) is 13.4 Å². The van der Waals surface area contributed by atoms with Crippen LogP contribution < -0.4 is 4.74 Å². The number of thioether (sulfide) groups is 1. The monoisotopic (exact) mass is 421 g/mol. The van der Waals surface area contributed by atoms with Crippen LogP contribution in [0.1, 0.15) is 20.1 Å². The van der Waals surface area contributed by atoms with E-state index in [0.29, 0.717) is 21.7 Å². The summed E-state index contributed by atoms with van der Waals surface area (Å²) in [6, 6.07) is 7.49. The fraction of sp³-hybridized carbons (Fsp3) is 0.200. The summed E-state index contributed by atoms with van der Waals surface area (Å²) in [7, 11) is 1.31. The van der Waals surface area contributed by atoms with E-state index >= 15 is 0 Å². The third-order valence-electron chi connectivity index (χ3n) is 3.94. The summed E-state index contributed by atoms with van der Waals surface area (Å²) >= 11 is 2.68. The summed E-state index contributed by atoms with van der Waals surface area (Å²) in [5, 5.41) is 0. The zero-order chi connectivity index (χ0) is 20.3. The normalized spacial score (nSPS) is 10.8. The molecule has 0 unspecified atom stereocenters. The fourth-order valence-corrected chi connectivity index (χ4v) is 4.07. The second-order valence-electron chi connectivity index (χ2n) is 5.86. The number of ether oxygens (including phenoxy) is 2. The van der Waals surface area contributed by atoms with Gasteiger partial charge in [-0.05, 0) is 43.0 Å². The molecule has 0 aliphatic carbocycles. The van der Waals surface area contributed by atoms with Gasteiger partial charge in [0.2, 0.25) is 0 Å². The lowest BCUT2D eigenvalue weighted by Crippen LogP contribution is -2.00. The third-order valence-corrected chi connectivity index (χ3v) is 5.68. The average Bonchev–Trinajstić information content (AvgIpc) is 3.06. The first kappa shape index (κ1) is 20.3. The van der Waals surface area contributed by atoms with Crippen LogP contribution in [0.5, 0.6) is 5.75 Å². The molecule has 0 radical (unpaired) electrons. The molecule has 0 saturated heterocycles. The Hall–Kier alpha value is -2.45. The molecular weight excluding hydrogens is 404 g/mol. The Labute approximate surface area is 169 Å². The van der Waals surface area contributed by atoms with E-state index in [1.807, 2.05) is 19.2 Å². The van der Waals surface area contributed by atoms with Crippen LogP contribution in [0.3, 0.4) is 0 Å². The number of pyridine rings is 1. The van der Waals surface area contributed by atoms with Gasteiger partial charge in [-0.15, -0.1) is 23.1 Å². The second-order valence-corrected chi connectivity index (χ2v) is 8.00. The number of carbonyl (C=O) groups is 1. The number of halogens is 2. The lowest BCUT2D eigenvalue weighted by molar-refractivity contribution is 0.0606. The van der Waals surface area contributed by atoms with Crippen LogP contribution in [0.2, 0.25) is 0 Å². The zero-order valence-electron chi connectivity index (χ0n) is 15.4. The number of thiophene rings is 1. The number of aromatic nitrogens is 1. The SMILES string of the molecule is COC(=O)c1cc(-c2ncc(F)cc2OCc2cc(F)cc(SC)c2)c(C)s1. The van der Waals surface area contributed by atoms with Gasteiger partial charge in [0.15, 0.2) is 0 Å². The van der Waals surface area contributed by atoms with Gasteiger partial charge in [0.1, 0.15) is 34.6 Å². The van der Waals surface area contributed by atoms with Crippen molar-refractivity contribution in [1.29, 1.82) is 0 Å². The summed E-state index contributed by atoms with van der Waals surface area (Å²) in [4.78, 5) is 17.9. The van der Waals surface area contributed by atoms with Gasteiger partial charge in [-0.3, -0.25) is 0 Å². The van der Waals surface area contributed by atoms with Crippen molar-refractivity contribution in [2.24, 2.45) is 0 Å². The van der Waals surface area contributed by atoms with Crippen LogP contribution in [-0.2, 0) is 11.3 Å². The van der Waals surface area contributed by atoms with Crippen LogP contribution in [0, 0.1) is 18.6 Å². The van der Waals surface area contributed by atoms with E-state index in [1.54, 1.807) is 6.07 Å². The summed E-state index contributed by atoms with van der Waals surface area (Å²) in [6.07, 6.45) is 2.94. The molecule has 28 heavy (non-hydrogen) atoms. The molecule has 3 rings (SSSR count). The van der Waals surface area contributed by atoms with E-state index in [2.05, 4.69) is 4.98 Å². The molecule has 2 heterocycles. The van der Waals surface area contributed by atoms with Crippen LogP contribution >= 0.6 is 23.1 Å². The molecule has 0 amide bonds. The van der Waals surface area contributed by atoms with Gasteiger partial charge in [0.25, 0.3) is 0 Å². The van der Waals surface area contributed by atoms with Gasteiger partial charge in [-0.1, -0.05) is 0 Å². The number of methoxy groups -OCH3 is 1. The molecule has 0 aliphatic heterocycles. The molecule has 1 aromatic carbocycles. The minimum absolute atomic E-state index is 0.0521. The molecule has 0 spiro atoms. The highest BCUT2D eigenvalue weighted by Gasteiger charge is 2.18. The number of carbonyl (C=O) groups excluding carboxylic acids is 1. The molecule has 2 aromatic heterocycles. The quantitative estimate of drug-likeness (QED) is 0.389. The molecule has 0 N–H and O–H groups in total. The molecule has 146 valence electrons. The Balaban J connectivity index is 1.93. The van der Waals surface area contributed by atoms with Gasteiger partial charge in [-0.25, -0.2) is 18.6 Å². The minimum atomic E-state index is -0.552. The fourth-order valence-electron chi connectivity index (χ4n) is 2.63. The van der Waals surface area contributed by atoms with Crippen LogP contribution in [0.4, 0.5) is 8.78 Å². The maximum Gasteiger partial charge on any atom is 0.348 e. The van der Waals surface area contributed by atoms with E-state index in [-0.39, 0.29) is 18.2 Å². The predicted molar refractivity (Wildman–Crippen MR) is 106 cm³/mol. The number of benzene rings is 1. The lowest BCUT2D eigenvalue weighted by Gasteiger charge is -2.12. The Morgan fingerprint density at radius 1 is 1.18 bits per heavy atom. The Bertz CT molecular complexity index is 1020. The van der Waals surface area contributed by atoms with Gasteiger partial charge in [0, 0.05) is 21.4 Å². The highest BCUT2D eigenvalue weighted by atomic mass is 32.2. The van der Waals surface area contributed by atoms with Crippen molar-refractivity contribution in [1.82, 2.24) is 4.98 Å². The second kappa shape index (κ2) is 8.70. The van der Waals surface area contributed by atoms with Crippen molar-refractivity contribution in [3.8, 4) is 17.0 Å². The van der Waals surface area contributed by atoms with Crippen molar-refractivity contribution in [2.45, 2.75) is 18.4 Å². The first-order valence-electron chi connectivity index (χ1n) is 8.22. The van der Waals surface area contributed by atoms with Crippen LogP contribution in [0.25, 0.3) is 11.3 Å². The first-order valence-corrected chi connectivity index (χ1v) is 10.3. The highest BCUT2D eigenvalue weighted by molar-refractivity contribution is 7.98. The van der Waals surface area contributed by atoms with Crippen molar-refractivity contribution >= 4 is 29.1 Å². The van der Waals surface area contributed by atoms with Crippen LogP contribution in [-0.4, -0.2) is 24.3 Å². The van der Waals surface area contributed by atoms with E-state index < -0.39 is 11.8 Å². The van der Waals surface area contributed by atoms with Crippen molar-refractivity contribution < 1.29 is 23.0 Å². The molecule has 4 nitrogen and oxygen atoms in total. The largest absolute Gasteiger partial charge is 0.487 e. The smallest absolute Gasteiger partial charge is 0.348 e. The van der Waals surface area contributed by atoms with E-state index in [1.165, 1.54) is 48.4 Å². The van der Waals surface area contributed by atoms with E-state index in [0.717, 1.165) is 16.0 Å². The number of aryl methyl sites for hydroxylation is 1. The Morgan fingerprint density at radius 3 is 2.68 bits per heavy atom. The summed E-state index contributed by atoms with van der Waals surface area (Å²) in [6.45, 7) is 1.88. The highest BCUT2D eigenvalue weighted by Crippen LogP contribution is 2.36. The van der Waals surface area contributed by atoms with Crippen LogP contribution in [0.15, 0.2) is 41.4 Å². The summed E-state index contributed by atoms with van der Waals surface area (Å²) in [5.41, 5.74) is 1.69.